The van der Waals surface area contributed by atoms with E-state index in [-0.39, 0.29) is 23.4 Å². The molecule has 1 amide bonds. The van der Waals surface area contributed by atoms with E-state index in [1.165, 1.54) is 53.4 Å². The van der Waals surface area contributed by atoms with Crippen LogP contribution in [0.2, 0.25) is 0 Å². The first kappa shape index (κ1) is 23.0. The molecule has 36 heavy (non-hydrogen) atoms. The summed E-state index contributed by atoms with van der Waals surface area (Å²) < 4.78 is 15.3. The number of benzene rings is 3. The maximum atomic E-state index is 13.5. The Kier molecular flexibility index (Phi) is 5.60. The lowest BCUT2D eigenvalue weighted by Crippen LogP contribution is -2.29. The number of hydrogen-bond acceptors (Lipinski definition) is 5. The number of non-ortho nitro benzene ring substituents is 1. The number of Topliss-reactive ketones (excluding diaryl/α,β-unsaturated/α-hetero) is 1. The number of carbonyl (C=O) groups is 2. The molecule has 1 atom stereocenters. The van der Waals surface area contributed by atoms with Gasteiger partial charge in [0.05, 0.1) is 16.5 Å². The number of carbonyl (C=O) groups excluding carboxylic acids is 2. The van der Waals surface area contributed by atoms with Crippen LogP contribution in [0.4, 0.5) is 10.1 Å². The Morgan fingerprint density at radius 2 is 1.69 bits per heavy atom. The molecule has 1 fully saturated rings. The van der Waals surface area contributed by atoms with Crippen LogP contribution in [0.5, 0.6) is 0 Å². The summed E-state index contributed by atoms with van der Waals surface area (Å²) in [4.78, 5) is 38.4. The van der Waals surface area contributed by atoms with Gasteiger partial charge in [-0.15, -0.1) is 0 Å². The standard InChI is InChI=1S/C27H20FN3O5/c1-29-15-21(20-4-2-3-5-22(20)29)24-23(25(32)17-8-12-19(13-9-17)31(35)36)26(33)27(34)30(24)14-16-6-10-18(28)11-7-16/h2-13,15,24,32H,14H2,1H3/b25-23+. The van der Waals surface area contributed by atoms with Gasteiger partial charge in [-0.05, 0) is 35.9 Å². The molecule has 4 aromatic rings. The molecule has 1 unspecified atom stereocenters. The number of aliphatic hydroxyl groups excluding tert-OH is 1. The third kappa shape index (κ3) is 3.80. The van der Waals surface area contributed by atoms with Gasteiger partial charge in [0.1, 0.15) is 11.6 Å². The summed E-state index contributed by atoms with van der Waals surface area (Å²) in [5.74, 6) is -2.53. The molecule has 8 nitrogen and oxygen atoms in total. The molecule has 9 heteroatoms. The van der Waals surface area contributed by atoms with Gasteiger partial charge in [-0.3, -0.25) is 19.7 Å². The van der Waals surface area contributed by atoms with Crippen LogP contribution < -0.4 is 0 Å². The number of fused-ring (bicyclic) bond motifs is 1. The molecule has 1 aromatic heterocycles. The van der Waals surface area contributed by atoms with E-state index in [4.69, 9.17) is 0 Å². The van der Waals surface area contributed by atoms with E-state index in [9.17, 15) is 29.2 Å². The molecule has 1 N–H and O–H groups in total. The van der Waals surface area contributed by atoms with Gasteiger partial charge in [-0.25, -0.2) is 4.39 Å². The number of halogens is 1. The molecule has 3 aromatic carbocycles. The molecule has 1 aliphatic rings. The largest absolute Gasteiger partial charge is 0.507 e. The highest BCUT2D eigenvalue weighted by Gasteiger charge is 2.47. The van der Waals surface area contributed by atoms with Crippen molar-refractivity contribution in [1.29, 1.82) is 0 Å². The van der Waals surface area contributed by atoms with E-state index >= 15 is 0 Å². The van der Waals surface area contributed by atoms with Gasteiger partial charge < -0.3 is 14.6 Å². The van der Waals surface area contributed by atoms with Crippen LogP contribution in [0.15, 0.2) is 84.6 Å². The number of aromatic nitrogens is 1. The minimum absolute atomic E-state index is 0.00971. The fourth-order valence-corrected chi connectivity index (χ4v) is 4.64. The zero-order valence-electron chi connectivity index (χ0n) is 19.1. The van der Waals surface area contributed by atoms with E-state index < -0.39 is 34.2 Å². The van der Waals surface area contributed by atoms with Gasteiger partial charge in [0.25, 0.3) is 17.4 Å². The topological polar surface area (TPSA) is 106 Å². The predicted octanol–water partition coefficient (Wildman–Crippen LogP) is 4.85. The average Bonchev–Trinajstić information content (AvgIpc) is 3.34. The SMILES string of the molecule is Cn1cc(C2/C(=C(\O)c3ccc([N+](=O)[O-])cc3)C(=O)C(=O)N2Cc2ccc(F)cc2)c2ccccc21. The molecular weight excluding hydrogens is 465 g/mol. The van der Waals surface area contributed by atoms with Crippen molar-refractivity contribution in [3.05, 3.63) is 117 Å². The number of aliphatic hydroxyl groups is 1. The average molecular weight is 485 g/mol. The Labute approximate surface area is 204 Å². The lowest BCUT2D eigenvalue weighted by Gasteiger charge is -2.25. The van der Waals surface area contributed by atoms with Crippen LogP contribution in [0.25, 0.3) is 16.7 Å². The quantitative estimate of drug-likeness (QED) is 0.143. The zero-order valence-corrected chi connectivity index (χ0v) is 19.1. The van der Waals surface area contributed by atoms with Gasteiger partial charge in [0.2, 0.25) is 0 Å². The maximum Gasteiger partial charge on any atom is 0.295 e. The van der Waals surface area contributed by atoms with Crippen molar-refractivity contribution in [3.63, 3.8) is 0 Å². The summed E-state index contributed by atoms with van der Waals surface area (Å²) >= 11 is 0. The molecule has 0 bridgehead atoms. The van der Waals surface area contributed by atoms with Crippen LogP contribution >= 0.6 is 0 Å². The van der Waals surface area contributed by atoms with E-state index in [0.29, 0.717) is 11.1 Å². The molecule has 2 heterocycles. The molecule has 0 aliphatic carbocycles. The highest BCUT2D eigenvalue weighted by Crippen LogP contribution is 2.43. The van der Waals surface area contributed by atoms with Crippen molar-refractivity contribution in [2.75, 3.05) is 0 Å². The summed E-state index contributed by atoms with van der Waals surface area (Å²) in [6.45, 7) is 0.00971. The molecule has 1 saturated heterocycles. The Morgan fingerprint density at radius 3 is 2.36 bits per heavy atom. The second-order valence-corrected chi connectivity index (χ2v) is 8.57. The zero-order chi connectivity index (χ0) is 25.6. The smallest absolute Gasteiger partial charge is 0.295 e. The Hall–Kier alpha value is -4.79. The summed E-state index contributed by atoms with van der Waals surface area (Å²) in [5.41, 5.74) is 2.00. The molecule has 180 valence electrons. The number of hydrogen-bond donors (Lipinski definition) is 1. The Morgan fingerprint density at radius 1 is 1.03 bits per heavy atom. The van der Waals surface area contributed by atoms with Crippen molar-refractivity contribution in [2.45, 2.75) is 12.6 Å². The first-order chi connectivity index (χ1) is 17.3. The molecule has 1 aliphatic heterocycles. The number of para-hydroxylation sites is 1. The number of nitro groups is 1. The van der Waals surface area contributed by atoms with Crippen molar-refractivity contribution in [2.24, 2.45) is 7.05 Å². The van der Waals surface area contributed by atoms with Crippen molar-refractivity contribution >= 4 is 34.0 Å². The molecule has 0 spiro atoms. The van der Waals surface area contributed by atoms with E-state index in [2.05, 4.69) is 0 Å². The number of nitro benzene ring substituents is 1. The minimum Gasteiger partial charge on any atom is -0.507 e. The number of aryl methyl sites for hydroxylation is 1. The first-order valence-electron chi connectivity index (χ1n) is 11.1. The lowest BCUT2D eigenvalue weighted by molar-refractivity contribution is -0.384. The van der Waals surface area contributed by atoms with Crippen LogP contribution in [-0.2, 0) is 23.2 Å². The Bertz CT molecular complexity index is 1550. The van der Waals surface area contributed by atoms with Gasteiger partial charge >= 0.3 is 0 Å². The summed E-state index contributed by atoms with van der Waals surface area (Å²) in [7, 11) is 1.84. The number of amides is 1. The van der Waals surface area contributed by atoms with E-state index in [1.807, 2.05) is 42.1 Å². The fourth-order valence-electron chi connectivity index (χ4n) is 4.64. The summed E-state index contributed by atoms with van der Waals surface area (Å²) in [6.07, 6.45) is 1.81. The first-order valence-corrected chi connectivity index (χ1v) is 11.1. The molecule has 0 saturated carbocycles. The van der Waals surface area contributed by atoms with Gasteiger partial charge in [0.15, 0.2) is 0 Å². The second kappa shape index (κ2) is 8.77. The fraction of sp³-hybridized carbons (Fsp3) is 0.111. The van der Waals surface area contributed by atoms with E-state index in [1.54, 1.807) is 0 Å². The Balaban J connectivity index is 1.70. The van der Waals surface area contributed by atoms with Crippen molar-refractivity contribution in [3.8, 4) is 0 Å². The van der Waals surface area contributed by atoms with Crippen LogP contribution in [-0.4, -0.2) is 31.2 Å². The second-order valence-electron chi connectivity index (χ2n) is 8.57. The molecule has 5 rings (SSSR count). The van der Waals surface area contributed by atoms with Crippen LogP contribution in [0, 0.1) is 15.9 Å². The maximum absolute atomic E-state index is 13.5. The third-order valence-electron chi connectivity index (χ3n) is 6.38. The highest BCUT2D eigenvalue weighted by atomic mass is 19.1. The minimum atomic E-state index is -0.934. The van der Waals surface area contributed by atoms with Crippen molar-refractivity contribution in [1.82, 2.24) is 9.47 Å². The predicted molar refractivity (Wildman–Crippen MR) is 130 cm³/mol. The molecular formula is C27H20FN3O5. The van der Waals surface area contributed by atoms with Crippen molar-refractivity contribution < 1.29 is 24.0 Å². The highest BCUT2D eigenvalue weighted by molar-refractivity contribution is 6.46. The number of nitrogens with zero attached hydrogens (tertiary/aromatic N) is 3. The van der Waals surface area contributed by atoms with Gasteiger partial charge in [-0.1, -0.05) is 30.3 Å². The normalized spacial score (nSPS) is 17.2. The number of rotatable bonds is 5. The van der Waals surface area contributed by atoms with E-state index in [0.717, 1.165) is 10.9 Å². The van der Waals surface area contributed by atoms with Gasteiger partial charge in [-0.2, -0.15) is 0 Å². The third-order valence-corrected chi connectivity index (χ3v) is 6.38. The van der Waals surface area contributed by atoms with Gasteiger partial charge in [0, 0.05) is 54.0 Å². The van der Waals surface area contributed by atoms with Crippen LogP contribution in [0.1, 0.15) is 22.7 Å². The van der Waals surface area contributed by atoms with Crippen LogP contribution in [0.3, 0.4) is 0 Å². The summed E-state index contributed by atoms with van der Waals surface area (Å²) in [5, 5.41) is 23.1. The summed E-state index contributed by atoms with van der Waals surface area (Å²) in [6, 6.07) is 17.3. The number of ketones is 1. The number of likely N-dealkylation sites (tertiary alicyclic amines) is 1. The molecule has 0 radical (unpaired) electrons. The lowest BCUT2D eigenvalue weighted by atomic mass is 9.94. The monoisotopic (exact) mass is 485 g/mol.